The van der Waals surface area contributed by atoms with Crippen molar-refractivity contribution in [1.29, 1.82) is 0 Å². The van der Waals surface area contributed by atoms with Gasteiger partial charge in [0.15, 0.2) is 0 Å². The fourth-order valence-electron chi connectivity index (χ4n) is 2.06. The first kappa shape index (κ1) is 15.8. The van der Waals surface area contributed by atoms with Crippen LogP contribution in [0.4, 0.5) is 4.79 Å². The smallest absolute Gasteiger partial charge is 0.411 e. The molecular weight excluding hydrogens is 248 g/mol. The minimum absolute atomic E-state index is 0.314. The largest absolute Gasteiger partial charge is 0.466 e. The minimum Gasteiger partial charge on any atom is -0.466 e. The molecule has 0 saturated carbocycles. The molecule has 2 atom stereocenters. The molecule has 0 aromatic heterocycles. The van der Waals surface area contributed by atoms with Gasteiger partial charge < -0.3 is 15.2 Å². The highest BCUT2D eigenvalue weighted by molar-refractivity contribution is 5.75. The van der Waals surface area contributed by atoms with Crippen molar-refractivity contribution in [2.45, 2.75) is 52.3 Å². The highest BCUT2D eigenvalue weighted by Crippen LogP contribution is 2.23. The molecule has 1 fully saturated rings. The van der Waals surface area contributed by atoms with Gasteiger partial charge in [0.1, 0.15) is 5.60 Å². The molecule has 0 radical (unpaired) electrons. The maximum absolute atomic E-state index is 12.0. The van der Waals surface area contributed by atoms with E-state index >= 15 is 0 Å². The molecule has 1 aliphatic heterocycles. The number of carbonyl (C=O) groups is 2. The lowest BCUT2D eigenvalue weighted by Crippen LogP contribution is -2.56. The average Bonchev–Trinajstić information content (AvgIpc) is 2.27. The first-order chi connectivity index (χ1) is 8.76. The van der Waals surface area contributed by atoms with E-state index in [4.69, 9.17) is 15.2 Å². The van der Waals surface area contributed by atoms with E-state index in [0.29, 0.717) is 19.6 Å². The summed E-state index contributed by atoms with van der Waals surface area (Å²) in [5, 5.41) is 0. The third kappa shape index (κ3) is 4.38. The SMILES string of the molecule is CCOC(=O)C1CCCN(C(=O)OC(C)(C)C)C1N. The number of hydrogen-bond donors (Lipinski definition) is 1. The topological polar surface area (TPSA) is 81.9 Å². The van der Waals surface area contributed by atoms with Crippen LogP contribution in [0.2, 0.25) is 0 Å². The van der Waals surface area contributed by atoms with Crippen molar-refractivity contribution in [3.63, 3.8) is 0 Å². The van der Waals surface area contributed by atoms with Gasteiger partial charge in [-0.25, -0.2) is 4.79 Å². The molecule has 0 aromatic carbocycles. The van der Waals surface area contributed by atoms with Crippen LogP contribution in [-0.4, -0.2) is 41.9 Å². The monoisotopic (exact) mass is 272 g/mol. The number of amides is 1. The van der Waals surface area contributed by atoms with Gasteiger partial charge in [-0.05, 0) is 40.5 Å². The summed E-state index contributed by atoms with van der Waals surface area (Å²) in [6.07, 6.45) is 0.201. The Balaban J connectivity index is 2.70. The van der Waals surface area contributed by atoms with Crippen LogP contribution in [0.15, 0.2) is 0 Å². The van der Waals surface area contributed by atoms with E-state index in [2.05, 4.69) is 0 Å². The summed E-state index contributed by atoms with van der Waals surface area (Å²) in [5.74, 6) is -0.815. The zero-order chi connectivity index (χ0) is 14.6. The summed E-state index contributed by atoms with van der Waals surface area (Å²) >= 11 is 0. The minimum atomic E-state index is -0.678. The second-order valence-electron chi connectivity index (χ2n) is 5.67. The average molecular weight is 272 g/mol. The van der Waals surface area contributed by atoms with Crippen LogP contribution in [-0.2, 0) is 14.3 Å². The van der Waals surface area contributed by atoms with Gasteiger partial charge in [-0.3, -0.25) is 9.69 Å². The van der Waals surface area contributed by atoms with E-state index in [1.54, 1.807) is 27.7 Å². The van der Waals surface area contributed by atoms with Gasteiger partial charge in [0.2, 0.25) is 0 Å². The number of hydrogen-bond acceptors (Lipinski definition) is 5. The Hall–Kier alpha value is -1.30. The summed E-state index contributed by atoms with van der Waals surface area (Å²) in [6.45, 7) is 7.95. The van der Waals surface area contributed by atoms with Gasteiger partial charge in [0.05, 0.1) is 18.7 Å². The summed E-state index contributed by atoms with van der Waals surface area (Å²) in [7, 11) is 0. The molecule has 6 nitrogen and oxygen atoms in total. The number of likely N-dealkylation sites (tertiary alicyclic amines) is 1. The number of piperidine rings is 1. The molecule has 0 bridgehead atoms. The molecule has 2 N–H and O–H groups in total. The third-order valence-corrected chi connectivity index (χ3v) is 2.90. The van der Waals surface area contributed by atoms with Crippen molar-refractivity contribution in [3.05, 3.63) is 0 Å². The zero-order valence-electron chi connectivity index (χ0n) is 12.1. The maximum atomic E-state index is 12.0. The molecule has 1 saturated heterocycles. The van der Waals surface area contributed by atoms with Crippen molar-refractivity contribution in [1.82, 2.24) is 4.90 Å². The van der Waals surface area contributed by atoms with Gasteiger partial charge in [0, 0.05) is 6.54 Å². The van der Waals surface area contributed by atoms with Gasteiger partial charge in [-0.1, -0.05) is 0 Å². The van der Waals surface area contributed by atoms with Gasteiger partial charge in [-0.15, -0.1) is 0 Å². The van der Waals surface area contributed by atoms with Gasteiger partial charge in [-0.2, -0.15) is 0 Å². The second-order valence-corrected chi connectivity index (χ2v) is 5.67. The Kier molecular flexibility index (Phi) is 5.17. The standard InChI is InChI=1S/C13H24N2O4/c1-5-18-11(16)9-7-6-8-15(10(9)14)12(17)19-13(2,3)4/h9-10H,5-8,14H2,1-4H3. The quantitative estimate of drug-likeness (QED) is 0.770. The fraction of sp³-hybridized carbons (Fsp3) is 0.846. The molecule has 110 valence electrons. The number of esters is 1. The molecule has 2 unspecified atom stereocenters. The fourth-order valence-corrected chi connectivity index (χ4v) is 2.06. The number of rotatable bonds is 2. The van der Waals surface area contributed by atoms with Gasteiger partial charge >= 0.3 is 12.1 Å². The lowest BCUT2D eigenvalue weighted by molar-refractivity contribution is -0.151. The van der Waals surface area contributed by atoms with E-state index in [9.17, 15) is 9.59 Å². The van der Waals surface area contributed by atoms with E-state index in [1.807, 2.05) is 0 Å². The highest BCUT2D eigenvalue weighted by atomic mass is 16.6. The summed E-state index contributed by atoms with van der Waals surface area (Å²) in [4.78, 5) is 25.2. The van der Waals surface area contributed by atoms with Crippen LogP contribution in [0.1, 0.15) is 40.5 Å². The van der Waals surface area contributed by atoms with Crippen LogP contribution in [0.3, 0.4) is 0 Å². The van der Waals surface area contributed by atoms with E-state index in [-0.39, 0.29) is 5.97 Å². The van der Waals surface area contributed by atoms with Crippen molar-refractivity contribution in [2.24, 2.45) is 11.7 Å². The normalized spacial score (nSPS) is 23.9. The first-order valence-corrected chi connectivity index (χ1v) is 6.68. The number of nitrogens with two attached hydrogens (primary N) is 1. The molecule has 0 aromatic rings. The van der Waals surface area contributed by atoms with Gasteiger partial charge in [0.25, 0.3) is 0 Å². The maximum Gasteiger partial charge on any atom is 0.411 e. The first-order valence-electron chi connectivity index (χ1n) is 6.68. The number of carbonyl (C=O) groups excluding carboxylic acids is 2. The van der Waals surface area contributed by atoms with Crippen LogP contribution < -0.4 is 5.73 Å². The predicted molar refractivity (Wildman–Crippen MR) is 70.3 cm³/mol. The summed E-state index contributed by atoms with van der Waals surface area (Å²) in [6, 6.07) is 0. The Bertz CT molecular complexity index is 338. The molecule has 0 spiro atoms. The van der Waals surface area contributed by atoms with E-state index < -0.39 is 23.8 Å². The van der Waals surface area contributed by atoms with Crippen LogP contribution in [0.25, 0.3) is 0 Å². The predicted octanol–water partition coefficient (Wildman–Crippen LogP) is 1.48. The molecular formula is C13H24N2O4. The Labute approximate surface area is 114 Å². The lowest BCUT2D eigenvalue weighted by Gasteiger charge is -2.38. The Morgan fingerprint density at radius 2 is 2.00 bits per heavy atom. The van der Waals surface area contributed by atoms with E-state index in [1.165, 1.54) is 4.90 Å². The summed E-state index contributed by atoms with van der Waals surface area (Å²) < 4.78 is 10.3. The Morgan fingerprint density at radius 3 is 2.53 bits per heavy atom. The zero-order valence-corrected chi connectivity index (χ0v) is 12.1. The molecule has 0 aliphatic carbocycles. The van der Waals surface area contributed by atoms with Crippen LogP contribution in [0, 0.1) is 5.92 Å². The number of ether oxygens (including phenoxy) is 2. The van der Waals surface area contributed by atoms with Crippen LogP contribution >= 0.6 is 0 Å². The third-order valence-electron chi connectivity index (χ3n) is 2.90. The molecule has 1 heterocycles. The van der Waals surface area contributed by atoms with Crippen molar-refractivity contribution in [3.8, 4) is 0 Å². The second kappa shape index (κ2) is 6.23. The highest BCUT2D eigenvalue weighted by Gasteiger charge is 2.38. The van der Waals surface area contributed by atoms with Crippen molar-refractivity contribution in [2.75, 3.05) is 13.2 Å². The molecule has 1 amide bonds. The van der Waals surface area contributed by atoms with Crippen molar-refractivity contribution < 1.29 is 19.1 Å². The molecule has 6 heteroatoms. The molecule has 1 aliphatic rings. The Morgan fingerprint density at radius 1 is 1.37 bits per heavy atom. The summed E-state index contributed by atoms with van der Waals surface area (Å²) in [5.41, 5.74) is 5.42. The van der Waals surface area contributed by atoms with E-state index in [0.717, 1.165) is 6.42 Å². The number of nitrogens with zero attached hydrogens (tertiary/aromatic N) is 1. The molecule has 19 heavy (non-hydrogen) atoms. The lowest BCUT2D eigenvalue weighted by atomic mass is 9.95. The van der Waals surface area contributed by atoms with Crippen LogP contribution in [0.5, 0.6) is 0 Å². The molecule has 1 rings (SSSR count). The van der Waals surface area contributed by atoms with Crippen molar-refractivity contribution >= 4 is 12.1 Å².